The Kier molecular flexibility index (Phi) is 6.17. The van der Waals surface area contributed by atoms with Crippen molar-refractivity contribution in [2.24, 2.45) is 0 Å². The van der Waals surface area contributed by atoms with Gasteiger partial charge in [-0.2, -0.15) is 8.42 Å². The van der Waals surface area contributed by atoms with Crippen LogP contribution in [0.3, 0.4) is 0 Å². The van der Waals surface area contributed by atoms with E-state index in [1.807, 2.05) is 31.2 Å². The van der Waals surface area contributed by atoms with E-state index in [0.717, 1.165) is 23.7 Å². The summed E-state index contributed by atoms with van der Waals surface area (Å²) >= 11 is 0. The average molecular weight is 545 g/mol. The van der Waals surface area contributed by atoms with Crippen LogP contribution in [0.15, 0.2) is 64.3 Å². The molecule has 0 aliphatic carbocycles. The van der Waals surface area contributed by atoms with Crippen molar-refractivity contribution in [3.63, 3.8) is 0 Å². The summed E-state index contributed by atoms with van der Waals surface area (Å²) in [6.45, 7) is 3.31. The Labute approximate surface area is 224 Å². The average Bonchev–Trinajstić information content (AvgIpc) is 3.32. The maximum Gasteiger partial charge on any atom is 0.332 e. The highest BCUT2D eigenvalue weighted by atomic mass is 32.3. The van der Waals surface area contributed by atoms with Gasteiger partial charge in [-0.3, -0.25) is 4.79 Å². The number of aromatic nitrogens is 2. The molecule has 6 rings (SSSR count). The highest BCUT2D eigenvalue weighted by molar-refractivity contribution is 7.86. The van der Waals surface area contributed by atoms with E-state index in [0.29, 0.717) is 64.2 Å². The molecule has 0 atom stereocenters. The van der Waals surface area contributed by atoms with Gasteiger partial charge in [-0.05, 0) is 61.7 Å². The number of H-pyrrole nitrogens is 1. The highest BCUT2D eigenvalue weighted by Gasteiger charge is 2.25. The van der Waals surface area contributed by atoms with Gasteiger partial charge in [0.25, 0.3) is 0 Å². The minimum Gasteiger partial charge on any atom is -0.493 e. The van der Waals surface area contributed by atoms with Crippen molar-refractivity contribution >= 4 is 43.1 Å². The summed E-state index contributed by atoms with van der Waals surface area (Å²) in [6.07, 6.45) is 7.12. The Balaban J connectivity index is 1.74. The van der Waals surface area contributed by atoms with Crippen LogP contribution in [0.2, 0.25) is 0 Å². The van der Waals surface area contributed by atoms with E-state index in [1.165, 1.54) is 18.2 Å². The summed E-state index contributed by atoms with van der Waals surface area (Å²) < 4.78 is 50.9. The van der Waals surface area contributed by atoms with Crippen molar-refractivity contribution in [3.05, 3.63) is 70.4 Å². The standard InChI is InChI=1S/C30H25FN2O5S/c1-3-18-8-9-22-25(14-18)32-30-28(22)29(34)24-17-27(38-4-2)23(19-6-5-7-21(15-19)39(31,35)36)16-26(24)33(30)20-10-12-37-13-11-20/h1,5-9,14-17,20,32H,4,10-13H2,2H3. The van der Waals surface area contributed by atoms with E-state index in [9.17, 15) is 17.1 Å². The quantitative estimate of drug-likeness (QED) is 0.227. The smallest absolute Gasteiger partial charge is 0.332 e. The minimum atomic E-state index is -4.91. The Morgan fingerprint density at radius 3 is 2.64 bits per heavy atom. The monoisotopic (exact) mass is 544 g/mol. The summed E-state index contributed by atoms with van der Waals surface area (Å²) in [4.78, 5) is 17.1. The van der Waals surface area contributed by atoms with Gasteiger partial charge in [-0.1, -0.05) is 24.1 Å². The molecule has 0 amide bonds. The van der Waals surface area contributed by atoms with E-state index in [2.05, 4.69) is 15.5 Å². The van der Waals surface area contributed by atoms with Crippen molar-refractivity contribution in [2.75, 3.05) is 19.8 Å². The maximum atomic E-state index is 14.1. The second kappa shape index (κ2) is 9.56. The third kappa shape index (κ3) is 4.26. The Morgan fingerprint density at radius 1 is 1.13 bits per heavy atom. The summed E-state index contributed by atoms with van der Waals surface area (Å²) in [6, 6.07) is 14.8. The van der Waals surface area contributed by atoms with Gasteiger partial charge in [0.1, 0.15) is 11.4 Å². The second-order valence-corrected chi connectivity index (χ2v) is 10.9. The van der Waals surface area contributed by atoms with Gasteiger partial charge >= 0.3 is 10.2 Å². The molecular formula is C30H25FN2O5S. The van der Waals surface area contributed by atoms with Crippen LogP contribution in [-0.2, 0) is 15.0 Å². The van der Waals surface area contributed by atoms with Gasteiger partial charge in [0.05, 0.1) is 27.8 Å². The predicted molar refractivity (Wildman–Crippen MR) is 149 cm³/mol. The minimum absolute atomic E-state index is 0.0351. The van der Waals surface area contributed by atoms with E-state index in [1.54, 1.807) is 12.1 Å². The first-order valence-electron chi connectivity index (χ1n) is 12.7. The van der Waals surface area contributed by atoms with Crippen LogP contribution >= 0.6 is 0 Å². The number of nitrogens with one attached hydrogen (secondary N) is 1. The molecule has 1 aliphatic heterocycles. The molecule has 3 aromatic carbocycles. The van der Waals surface area contributed by atoms with E-state index >= 15 is 0 Å². The Morgan fingerprint density at radius 2 is 1.92 bits per heavy atom. The first-order valence-corrected chi connectivity index (χ1v) is 14.1. The zero-order chi connectivity index (χ0) is 27.3. The lowest BCUT2D eigenvalue weighted by molar-refractivity contribution is 0.0715. The summed E-state index contributed by atoms with van der Waals surface area (Å²) in [7, 11) is -4.91. The number of terminal acetylenes is 1. The lowest BCUT2D eigenvalue weighted by atomic mass is 9.99. The number of aromatic amines is 1. The van der Waals surface area contributed by atoms with Crippen LogP contribution in [0.4, 0.5) is 3.89 Å². The number of rotatable bonds is 5. The van der Waals surface area contributed by atoms with Gasteiger partial charge in [0.2, 0.25) is 0 Å². The van der Waals surface area contributed by atoms with Crippen molar-refractivity contribution < 1.29 is 21.8 Å². The molecule has 1 N–H and O–H groups in total. The fourth-order valence-electron chi connectivity index (χ4n) is 5.53. The molecule has 0 saturated carbocycles. The molecule has 1 saturated heterocycles. The van der Waals surface area contributed by atoms with Gasteiger partial charge in [0, 0.05) is 41.3 Å². The van der Waals surface area contributed by atoms with Gasteiger partial charge in [0.15, 0.2) is 5.43 Å². The van der Waals surface area contributed by atoms with Crippen molar-refractivity contribution in [3.8, 4) is 29.2 Å². The SMILES string of the molecule is C#Cc1ccc2c(c1)[nH]c1c2c(=O)c2cc(OCC)c(-c3cccc(S(=O)(=O)F)c3)cc2n1C1CCOCC1. The zero-order valence-electron chi connectivity index (χ0n) is 21.2. The predicted octanol–water partition coefficient (Wildman–Crippen LogP) is 5.69. The number of hydrogen-bond acceptors (Lipinski definition) is 5. The summed E-state index contributed by atoms with van der Waals surface area (Å²) in [5.74, 6) is 3.05. The highest BCUT2D eigenvalue weighted by Crippen LogP contribution is 2.39. The van der Waals surface area contributed by atoms with Crippen LogP contribution in [0, 0.1) is 12.3 Å². The molecule has 3 heterocycles. The molecule has 1 aliphatic rings. The number of nitrogens with zero attached hydrogens (tertiary/aromatic N) is 1. The number of halogens is 1. The molecule has 0 bridgehead atoms. The van der Waals surface area contributed by atoms with Crippen LogP contribution in [-0.4, -0.2) is 37.8 Å². The van der Waals surface area contributed by atoms with E-state index in [4.69, 9.17) is 15.9 Å². The molecule has 0 spiro atoms. The van der Waals surface area contributed by atoms with Crippen molar-refractivity contribution in [1.29, 1.82) is 0 Å². The molecule has 5 aromatic rings. The number of ether oxygens (including phenoxy) is 2. The maximum absolute atomic E-state index is 14.1. The number of pyridine rings is 1. The first kappa shape index (κ1) is 25.2. The molecule has 1 fully saturated rings. The van der Waals surface area contributed by atoms with Crippen molar-refractivity contribution in [2.45, 2.75) is 30.7 Å². The van der Waals surface area contributed by atoms with Crippen LogP contribution in [0.1, 0.15) is 31.4 Å². The normalized spacial score (nSPS) is 14.7. The molecule has 2 aromatic heterocycles. The fourth-order valence-corrected chi connectivity index (χ4v) is 6.04. The molecule has 39 heavy (non-hydrogen) atoms. The van der Waals surface area contributed by atoms with Gasteiger partial charge in [-0.15, -0.1) is 10.3 Å². The largest absolute Gasteiger partial charge is 0.493 e. The van der Waals surface area contributed by atoms with Crippen molar-refractivity contribution in [1.82, 2.24) is 9.55 Å². The molecule has 0 unspecified atom stereocenters. The third-order valence-corrected chi connectivity index (χ3v) is 8.11. The molecule has 7 nitrogen and oxygen atoms in total. The second-order valence-electron chi connectivity index (χ2n) is 9.56. The lowest BCUT2D eigenvalue weighted by Crippen LogP contribution is -2.22. The van der Waals surface area contributed by atoms with E-state index < -0.39 is 15.1 Å². The Bertz CT molecular complexity index is 1980. The van der Waals surface area contributed by atoms with Crippen LogP contribution in [0.5, 0.6) is 5.75 Å². The molecule has 198 valence electrons. The number of benzene rings is 3. The third-order valence-electron chi connectivity index (χ3n) is 7.30. The first-order chi connectivity index (χ1) is 18.8. The number of hydrogen-bond donors (Lipinski definition) is 1. The summed E-state index contributed by atoms with van der Waals surface area (Å²) in [5, 5.41) is 1.81. The van der Waals surface area contributed by atoms with Crippen LogP contribution < -0.4 is 10.2 Å². The lowest BCUT2D eigenvalue weighted by Gasteiger charge is -2.28. The number of fused-ring (bicyclic) bond motifs is 4. The summed E-state index contributed by atoms with van der Waals surface area (Å²) in [5.41, 5.74) is 3.66. The topological polar surface area (TPSA) is 90.4 Å². The molecular weight excluding hydrogens is 519 g/mol. The van der Waals surface area contributed by atoms with Gasteiger partial charge in [-0.25, -0.2) is 0 Å². The van der Waals surface area contributed by atoms with Gasteiger partial charge < -0.3 is 19.0 Å². The van der Waals surface area contributed by atoms with E-state index in [-0.39, 0.29) is 11.5 Å². The zero-order valence-corrected chi connectivity index (χ0v) is 22.0. The molecule has 0 radical (unpaired) electrons. The molecule has 9 heteroatoms. The van der Waals surface area contributed by atoms with Crippen LogP contribution in [0.25, 0.3) is 44.0 Å². The fraction of sp³-hybridized carbons (Fsp3) is 0.233. The Hall–Kier alpha value is -4.13.